The summed E-state index contributed by atoms with van der Waals surface area (Å²) in [6.45, 7) is 5.25. The van der Waals surface area contributed by atoms with Gasteiger partial charge in [-0.1, -0.05) is 0 Å². The number of carbonyl (C=O) groups is 1. The van der Waals surface area contributed by atoms with Gasteiger partial charge < -0.3 is 15.6 Å². The van der Waals surface area contributed by atoms with E-state index in [2.05, 4.69) is 15.0 Å². The number of benzene rings is 1. The fraction of sp³-hybridized carbons (Fsp3) is 0.474. The van der Waals surface area contributed by atoms with Crippen molar-refractivity contribution < 1.29 is 13.6 Å². The number of amides is 1. The number of aromatic amines is 1. The molecule has 3 aromatic rings. The van der Waals surface area contributed by atoms with Crippen molar-refractivity contribution in [3.8, 4) is 0 Å². The Hall–Kier alpha value is -2.48. The second-order valence-corrected chi connectivity index (χ2v) is 7.97. The Labute approximate surface area is 155 Å². The van der Waals surface area contributed by atoms with Crippen molar-refractivity contribution in [2.24, 2.45) is 5.73 Å². The fourth-order valence-electron chi connectivity index (χ4n) is 4.13. The monoisotopic (exact) mass is 375 g/mol. The molecule has 4 rings (SSSR count). The Morgan fingerprint density at radius 1 is 1.37 bits per heavy atom. The van der Waals surface area contributed by atoms with Gasteiger partial charge in [0.1, 0.15) is 22.6 Å². The van der Waals surface area contributed by atoms with Crippen LogP contribution < -0.4 is 5.73 Å². The van der Waals surface area contributed by atoms with E-state index in [1.54, 1.807) is 24.6 Å². The van der Waals surface area contributed by atoms with Crippen molar-refractivity contribution in [2.45, 2.75) is 38.3 Å². The van der Waals surface area contributed by atoms with E-state index in [0.717, 1.165) is 43.2 Å². The highest BCUT2D eigenvalue weighted by atomic mass is 19.1. The zero-order chi connectivity index (χ0) is 19.3. The van der Waals surface area contributed by atoms with Gasteiger partial charge in [-0.2, -0.15) is 5.10 Å². The van der Waals surface area contributed by atoms with Gasteiger partial charge in [0.2, 0.25) is 0 Å². The standard InChI is InChI=1S/C19H23F2N5O/c1-19(2,21)10-25-5-3-11(4-6-25)14-9-23-26-16-13(17(22)27)7-12(20)8-15(16)24-18(14)26/h7-9,11,24H,3-6,10H2,1-2H3,(H2,22,27). The number of aromatic nitrogens is 3. The molecule has 1 amide bonds. The number of hydrogen-bond acceptors (Lipinski definition) is 3. The van der Waals surface area contributed by atoms with Crippen LogP contribution in [-0.2, 0) is 0 Å². The van der Waals surface area contributed by atoms with E-state index in [4.69, 9.17) is 5.73 Å². The molecule has 0 bridgehead atoms. The smallest absolute Gasteiger partial charge is 0.251 e. The molecule has 0 saturated carbocycles. The van der Waals surface area contributed by atoms with Gasteiger partial charge in [0.25, 0.3) is 5.91 Å². The molecule has 0 radical (unpaired) electrons. The first-order chi connectivity index (χ1) is 12.7. The number of H-pyrrole nitrogens is 1. The minimum Gasteiger partial charge on any atom is -0.366 e. The third-order valence-electron chi connectivity index (χ3n) is 5.23. The molecule has 1 aliphatic heterocycles. The number of imidazole rings is 1. The molecule has 1 saturated heterocycles. The summed E-state index contributed by atoms with van der Waals surface area (Å²) in [5.74, 6) is -0.944. The van der Waals surface area contributed by atoms with E-state index >= 15 is 0 Å². The summed E-state index contributed by atoms with van der Waals surface area (Å²) < 4.78 is 29.3. The van der Waals surface area contributed by atoms with Crippen molar-refractivity contribution >= 4 is 22.6 Å². The summed E-state index contributed by atoms with van der Waals surface area (Å²) in [6.07, 6.45) is 3.58. The van der Waals surface area contributed by atoms with Gasteiger partial charge >= 0.3 is 0 Å². The maximum Gasteiger partial charge on any atom is 0.251 e. The molecular weight excluding hydrogens is 352 g/mol. The predicted octanol–water partition coefficient (Wildman–Crippen LogP) is 2.98. The molecule has 0 unspecified atom stereocenters. The number of carbonyl (C=O) groups excluding carboxylic acids is 1. The zero-order valence-corrected chi connectivity index (χ0v) is 15.4. The van der Waals surface area contributed by atoms with E-state index in [-0.39, 0.29) is 11.5 Å². The Morgan fingerprint density at radius 2 is 2.07 bits per heavy atom. The summed E-state index contributed by atoms with van der Waals surface area (Å²) in [4.78, 5) is 17.1. The Kier molecular flexibility index (Phi) is 4.18. The van der Waals surface area contributed by atoms with Gasteiger partial charge in [-0.25, -0.2) is 13.3 Å². The van der Waals surface area contributed by atoms with Gasteiger partial charge in [-0.05, 0) is 57.8 Å². The first-order valence-electron chi connectivity index (χ1n) is 9.13. The normalized spacial score (nSPS) is 17.2. The quantitative estimate of drug-likeness (QED) is 0.736. The Balaban J connectivity index is 1.67. The van der Waals surface area contributed by atoms with Crippen LogP contribution in [0.15, 0.2) is 18.3 Å². The number of piperidine rings is 1. The summed E-state index contributed by atoms with van der Waals surface area (Å²) in [6, 6.07) is 2.47. The molecule has 8 heteroatoms. The minimum atomic E-state index is -1.20. The summed E-state index contributed by atoms with van der Waals surface area (Å²) in [5, 5.41) is 4.41. The summed E-state index contributed by atoms with van der Waals surface area (Å²) >= 11 is 0. The minimum absolute atomic E-state index is 0.103. The van der Waals surface area contributed by atoms with E-state index < -0.39 is 17.4 Å². The number of nitrogens with one attached hydrogen (secondary N) is 1. The van der Waals surface area contributed by atoms with Crippen molar-refractivity contribution in [3.05, 3.63) is 35.3 Å². The van der Waals surface area contributed by atoms with Crippen molar-refractivity contribution in [2.75, 3.05) is 19.6 Å². The lowest BCUT2D eigenvalue weighted by Crippen LogP contribution is -2.40. The molecule has 6 nitrogen and oxygen atoms in total. The molecule has 0 aliphatic carbocycles. The third-order valence-corrected chi connectivity index (χ3v) is 5.23. The van der Waals surface area contributed by atoms with Gasteiger partial charge in [0.05, 0.1) is 17.3 Å². The van der Waals surface area contributed by atoms with Crippen LogP contribution in [0.5, 0.6) is 0 Å². The number of hydrogen-bond donors (Lipinski definition) is 2. The van der Waals surface area contributed by atoms with E-state index in [1.807, 2.05) is 0 Å². The van der Waals surface area contributed by atoms with Crippen LogP contribution in [0.1, 0.15) is 48.5 Å². The SMILES string of the molecule is CC(C)(F)CN1CCC(c2cnn3c2[nH]c2cc(F)cc(C(N)=O)c23)CC1. The van der Waals surface area contributed by atoms with Gasteiger partial charge in [-0.3, -0.25) is 4.79 Å². The average molecular weight is 375 g/mol. The molecule has 27 heavy (non-hydrogen) atoms. The molecule has 1 fully saturated rings. The van der Waals surface area contributed by atoms with Crippen molar-refractivity contribution in [1.82, 2.24) is 19.5 Å². The number of rotatable bonds is 4. The lowest BCUT2D eigenvalue weighted by molar-refractivity contribution is 0.100. The van der Waals surface area contributed by atoms with Crippen LogP contribution in [0.4, 0.5) is 8.78 Å². The highest BCUT2D eigenvalue weighted by Gasteiger charge is 2.28. The molecule has 2 aromatic heterocycles. The van der Waals surface area contributed by atoms with Crippen molar-refractivity contribution in [3.63, 3.8) is 0 Å². The average Bonchev–Trinajstić information content (AvgIpc) is 3.12. The fourth-order valence-corrected chi connectivity index (χ4v) is 4.13. The molecule has 0 spiro atoms. The highest BCUT2D eigenvalue weighted by molar-refractivity contribution is 6.05. The number of nitrogens with zero attached hydrogens (tertiary/aromatic N) is 3. The van der Waals surface area contributed by atoms with Crippen LogP contribution >= 0.6 is 0 Å². The van der Waals surface area contributed by atoms with Crippen LogP contribution in [-0.4, -0.2) is 50.7 Å². The predicted molar refractivity (Wildman–Crippen MR) is 99.1 cm³/mol. The first-order valence-corrected chi connectivity index (χ1v) is 9.13. The number of alkyl halides is 1. The van der Waals surface area contributed by atoms with Gasteiger partial charge in [0, 0.05) is 12.1 Å². The number of halogens is 2. The molecule has 1 aliphatic rings. The summed E-state index contributed by atoms with van der Waals surface area (Å²) in [5.41, 5.74) is 7.08. The van der Waals surface area contributed by atoms with Gasteiger partial charge in [-0.15, -0.1) is 0 Å². The Bertz CT molecular complexity index is 1010. The zero-order valence-electron chi connectivity index (χ0n) is 15.4. The maximum absolute atomic E-state index is 13.9. The lowest BCUT2D eigenvalue weighted by Gasteiger charge is -2.34. The van der Waals surface area contributed by atoms with Gasteiger partial charge in [0.15, 0.2) is 0 Å². The number of nitrogens with two attached hydrogens (primary N) is 1. The number of fused-ring (bicyclic) bond motifs is 3. The molecule has 0 atom stereocenters. The molecule has 144 valence electrons. The van der Waals surface area contributed by atoms with Crippen molar-refractivity contribution in [1.29, 1.82) is 0 Å². The summed E-state index contributed by atoms with van der Waals surface area (Å²) in [7, 11) is 0. The number of likely N-dealkylation sites (tertiary alicyclic amines) is 1. The molecule has 3 heterocycles. The van der Waals surface area contributed by atoms with Crippen LogP contribution in [0.3, 0.4) is 0 Å². The number of primary amides is 1. The molecule has 1 aromatic carbocycles. The van der Waals surface area contributed by atoms with E-state index in [9.17, 15) is 13.6 Å². The topological polar surface area (TPSA) is 79.4 Å². The van der Waals surface area contributed by atoms with Crippen LogP contribution in [0.2, 0.25) is 0 Å². The van der Waals surface area contributed by atoms with Crippen LogP contribution in [0, 0.1) is 5.82 Å². The second-order valence-electron chi connectivity index (χ2n) is 7.97. The first kappa shape index (κ1) is 17.9. The second kappa shape index (κ2) is 6.30. The highest BCUT2D eigenvalue weighted by Crippen LogP contribution is 2.33. The Morgan fingerprint density at radius 3 is 2.70 bits per heavy atom. The molecule has 3 N–H and O–H groups in total. The van der Waals surface area contributed by atoms with Crippen LogP contribution in [0.25, 0.3) is 16.7 Å². The maximum atomic E-state index is 13.9. The lowest BCUT2D eigenvalue weighted by atomic mass is 9.90. The van der Waals surface area contributed by atoms with E-state index in [1.165, 1.54) is 6.07 Å². The largest absolute Gasteiger partial charge is 0.366 e. The third kappa shape index (κ3) is 3.29. The van der Waals surface area contributed by atoms with E-state index in [0.29, 0.717) is 17.6 Å². The molecular formula is C19H23F2N5O.